The van der Waals surface area contributed by atoms with Gasteiger partial charge in [0.25, 0.3) is 5.24 Å². The predicted molar refractivity (Wildman–Crippen MR) is 135 cm³/mol. The molecule has 9 nitrogen and oxygen atoms in total. The van der Waals surface area contributed by atoms with Crippen LogP contribution in [0, 0.1) is 20.8 Å². The lowest BCUT2D eigenvalue weighted by Gasteiger charge is -2.37. The topological polar surface area (TPSA) is 138 Å². The number of guanidine groups is 1. The van der Waals surface area contributed by atoms with Gasteiger partial charge in [0.05, 0.1) is 5.25 Å². The highest BCUT2D eigenvalue weighted by Gasteiger charge is 2.36. The number of benzene rings is 2. The van der Waals surface area contributed by atoms with Crippen molar-refractivity contribution < 1.29 is 23.9 Å². The molecule has 0 radical (unpaired) electrons. The maximum atomic E-state index is 11.8. The Bertz CT molecular complexity index is 1190. The average Bonchev–Trinajstić information content (AvgIpc) is 3.13. The summed E-state index contributed by atoms with van der Waals surface area (Å²) in [5.74, 6) is 1.85. The minimum atomic E-state index is -0.504. The molecular formula is C25H30N4O5S. The van der Waals surface area contributed by atoms with Gasteiger partial charge in [0.15, 0.2) is 5.75 Å². The standard InChI is InChI=1S/C25H30N4O5S/c1-13-14(2)21-18(15(3)20(13)34-29-23(26)27)9-10-25(4,33-21)12-32-17-7-5-16(6-8-17)11-19-22(30)28-24(31)35-19/h5-8,19H,9-12H2,1-4H3,(H4,26,27,29)(H,28,30,31)/t19-,25-/m1/s1. The van der Waals surface area contributed by atoms with Crippen molar-refractivity contribution >= 4 is 28.9 Å². The van der Waals surface area contributed by atoms with Crippen LogP contribution < -0.4 is 31.1 Å². The van der Waals surface area contributed by atoms with E-state index in [9.17, 15) is 9.59 Å². The molecule has 0 spiro atoms. The second-order valence-corrected chi connectivity index (χ2v) is 10.4. The molecule has 2 heterocycles. The minimum absolute atomic E-state index is 0.133. The lowest BCUT2D eigenvalue weighted by molar-refractivity contribution is -0.118. The molecular weight excluding hydrogens is 468 g/mol. The lowest BCUT2D eigenvalue weighted by atomic mass is 9.87. The van der Waals surface area contributed by atoms with E-state index in [4.69, 9.17) is 25.8 Å². The molecule has 2 aliphatic rings. The maximum Gasteiger partial charge on any atom is 0.286 e. The maximum absolute atomic E-state index is 11.8. The van der Waals surface area contributed by atoms with E-state index in [0.717, 1.165) is 58.2 Å². The van der Waals surface area contributed by atoms with Crippen LogP contribution >= 0.6 is 11.8 Å². The highest BCUT2D eigenvalue weighted by atomic mass is 32.2. The van der Waals surface area contributed by atoms with Crippen LogP contribution in [-0.4, -0.2) is 34.6 Å². The lowest BCUT2D eigenvalue weighted by Crippen LogP contribution is -2.42. The molecule has 0 unspecified atom stereocenters. The number of ether oxygens (including phenoxy) is 2. The fourth-order valence-corrected chi connectivity index (χ4v) is 5.18. The summed E-state index contributed by atoms with van der Waals surface area (Å²) >= 11 is 1.03. The Labute approximate surface area is 208 Å². The van der Waals surface area contributed by atoms with Crippen LogP contribution in [0.4, 0.5) is 4.79 Å². The molecule has 5 N–H and O–H groups in total. The Balaban J connectivity index is 1.42. The number of hydrogen-bond donors (Lipinski definition) is 3. The Kier molecular flexibility index (Phi) is 6.84. The number of nitrogens with two attached hydrogens (primary N) is 2. The monoisotopic (exact) mass is 498 g/mol. The molecule has 2 atom stereocenters. The summed E-state index contributed by atoms with van der Waals surface area (Å²) in [4.78, 5) is 28.7. The van der Waals surface area contributed by atoms with Crippen molar-refractivity contribution in [3.05, 3.63) is 52.1 Å². The quantitative estimate of drug-likeness (QED) is 0.300. The van der Waals surface area contributed by atoms with Crippen molar-refractivity contribution in [1.82, 2.24) is 5.32 Å². The zero-order valence-electron chi connectivity index (χ0n) is 20.3. The van der Waals surface area contributed by atoms with E-state index in [0.29, 0.717) is 24.5 Å². The van der Waals surface area contributed by atoms with Gasteiger partial charge in [-0.3, -0.25) is 14.9 Å². The van der Waals surface area contributed by atoms with E-state index in [-0.39, 0.29) is 22.4 Å². The Morgan fingerprint density at radius 3 is 2.51 bits per heavy atom. The van der Waals surface area contributed by atoms with Gasteiger partial charge < -0.3 is 25.8 Å². The van der Waals surface area contributed by atoms with E-state index in [2.05, 4.69) is 10.5 Å². The number of rotatable bonds is 7. The fourth-order valence-electron chi connectivity index (χ4n) is 4.32. The number of fused-ring (bicyclic) bond motifs is 1. The highest BCUT2D eigenvalue weighted by Crippen LogP contribution is 2.44. The largest absolute Gasteiger partial charge is 0.489 e. The van der Waals surface area contributed by atoms with Crippen molar-refractivity contribution in [3.8, 4) is 17.2 Å². The summed E-state index contributed by atoms with van der Waals surface area (Å²) in [6.07, 6.45) is 2.07. The molecule has 2 aromatic carbocycles. The predicted octanol–water partition coefficient (Wildman–Crippen LogP) is 3.24. The van der Waals surface area contributed by atoms with E-state index < -0.39 is 5.60 Å². The van der Waals surface area contributed by atoms with Crippen LogP contribution in [0.5, 0.6) is 17.2 Å². The zero-order valence-corrected chi connectivity index (χ0v) is 21.1. The zero-order chi connectivity index (χ0) is 25.3. The molecule has 2 aliphatic heterocycles. The number of oxime groups is 1. The molecule has 0 bridgehead atoms. The third kappa shape index (κ3) is 5.32. The van der Waals surface area contributed by atoms with Crippen molar-refractivity contribution in [2.45, 2.75) is 57.8 Å². The van der Waals surface area contributed by atoms with Crippen molar-refractivity contribution in [2.75, 3.05) is 6.61 Å². The average molecular weight is 499 g/mol. The van der Waals surface area contributed by atoms with Crippen molar-refractivity contribution in [1.29, 1.82) is 0 Å². The number of imide groups is 1. The molecule has 186 valence electrons. The van der Waals surface area contributed by atoms with Gasteiger partial charge in [-0.05, 0) is 75.4 Å². The van der Waals surface area contributed by atoms with Crippen LogP contribution in [0.2, 0.25) is 0 Å². The van der Waals surface area contributed by atoms with Gasteiger partial charge in [-0.1, -0.05) is 23.9 Å². The number of carbonyl (C=O) groups excluding carboxylic acids is 2. The number of nitrogens with zero attached hydrogens (tertiary/aromatic N) is 1. The summed E-state index contributed by atoms with van der Waals surface area (Å²) in [5.41, 5.74) is 15.3. The second kappa shape index (κ2) is 9.69. The minimum Gasteiger partial charge on any atom is -0.489 e. The number of nitrogens with one attached hydrogen (secondary N) is 1. The van der Waals surface area contributed by atoms with E-state index in [1.165, 1.54) is 0 Å². The second-order valence-electron chi connectivity index (χ2n) is 9.19. The third-order valence-electron chi connectivity index (χ3n) is 6.46. The van der Waals surface area contributed by atoms with Gasteiger partial charge in [-0.25, -0.2) is 0 Å². The molecule has 1 fully saturated rings. The summed E-state index contributed by atoms with van der Waals surface area (Å²) in [6, 6.07) is 7.59. The van der Waals surface area contributed by atoms with E-state index in [1.54, 1.807) is 0 Å². The van der Waals surface area contributed by atoms with Crippen LogP contribution in [-0.2, 0) is 17.6 Å². The third-order valence-corrected chi connectivity index (χ3v) is 7.44. The first-order valence-electron chi connectivity index (χ1n) is 11.4. The molecule has 2 amide bonds. The Morgan fingerprint density at radius 2 is 1.89 bits per heavy atom. The summed E-state index contributed by atoms with van der Waals surface area (Å²) < 4.78 is 12.6. The summed E-state index contributed by atoms with van der Waals surface area (Å²) in [5, 5.41) is 5.35. The number of thioether (sulfide) groups is 1. The molecule has 0 aromatic heterocycles. The number of amides is 2. The normalized spacial score (nSPS) is 21.1. The molecule has 1 saturated heterocycles. The smallest absolute Gasteiger partial charge is 0.286 e. The first-order chi connectivity index (χ1) is 16.6. The molecule has 0 saturated carbocycles. The van der Waals surface area contributed by atoms with Gasteiger partial charge in [-0.2, -0.15) is 0 Å². The van der Waals surface area contributed by atoms with Crippen LogP contribution in [0.1, 0.15) is 41.2 Å². The van der Waals surface area contributed by atoms with Gasteiger partial charge >= 0.3 is 0 Å². The number of hydrogen-bond acceptors (Lipinski definition) is 7. The SMILES string of the molecule is Cc1c(C)c2c(c(C)c1ON=C(N)N)CC[C@](C)(COc1ccc(C[C@H]3SC(=O)NC3=O)cc1)O2. The fraction of sp³-hybridized carbons (Fsp3) is 0.400. The summed E-state index contributed by atoms with van der Waals surface area (Å²) in [7, 11) is 0. The van der Waals surface area contributed by atoms with Crippen LogP contribution in [0.25, 0.3) is 0 Å². The van der Waals surface area contributed by atoms with E-state index in [1.807, 2.05) is 52.0 Å². The van der Waals surface area contributed by atoms with Gasteiger partial charge in [0.2, 0.25) is 11.9 Å². The van der Waals surface area contributed by atoms with Crippen LogP contribution in [0.15, 0.2) is 29.4 Å². The highest BCUT2D eigenvalue weighted by molar-refractivity contribution is 8.15. The molecule has 10 heteroatoms. The van der Waals surface area contributed by atoms with E-state index >= 15 is 0 Å². The van der Waals surface area contributed by atoms with Gasteiger partial charge in [0.1, 0.15) is 23.7 Å². The molecule has 4 rings (SSSR count). The van der Waals surface area contributed by atoms with Crippen LogP contribution in [0.3, 0.4) is 0 Å². The van der Waals surface area contributed by atoms with Gasteiger partial charge in [0, 0.05) is 16.7 Å². The first kappa shape index (κ1) is 24.7. The van der Waals surface area contributed by atoms with Crippen molar-refractivity contribution in [3.63, 3.8) is 0 Å². The molecule has 2 aromatic rings. The Hall–Kier alpha value is -3.40. The molecule has 0 aliphatic carbocycles. The Morgan fingerprint density at radius 1 is 1.17 bits per heavy atom. The molecule has 35 heavy (non-hydrogen) atoms. The first-order valence-corrected chi connectivity index (χ1v) is 12.2. The van der Waals surface area contributed by atoms with Crippen molar-refractivity contribution in [2.24, 2.45) is 16.6 Å². The summed E-state index contributed by atoms with van der Waals surface area (Å²) in [6.45, 7) is 8.36. The number of carbonyl (C=O) groups is 2. The van der Waals surface area contributed by atoms with Gasteiger partial charge in [-0.15, -0.1) is 0 Å².